The average Bonchev–Trinajstić information content (AvgIpc) is 3.16. The molecule has 2 N–H and O–H groups in total. The molecule has 3 aromatic rings. The van der Waals surface area contributed by atoms with E-state index in [1.165, 1.54) is 43.3 Å². The van der Waals surface area contributed by atoms with Crippen molar-refractivity contribution in [2.75, 3.05) is 15.9 Å². The van der Waals surface area contributed by atoms with Crippen LogP contribution in [0.5, 0.6) is 0 Å². The quantitative estimate of drug-likeness (QED) is 0.487. The predicted octanol–water partition coefficient (Wildman–Crippen LogP) is 3.03. The summed E-state index contributed by atoms with van der Waals surface area (Å²) >= 11 is 0. The summed E-state index contributed by atoms with van der Waals surface area (Å²) in [4.78, 5) is 16.9. The van der Waals surface area contributed by atoms with Gasteiger partial charge >= 0.3 is 6.09 Å². The lowest BCUT2D eigenvalue weighted by molar-refractivity contribution is 0.107. The summed E-state index contributed by atoms with van der Waals surface area (Å²) in [6, 6.07) is 9.89. The molecule has 2 aromatic heterocycles. The molecule has 3 rings (SSSR count). The van der Waals surface area contributed by atoms with Gasteiger partial charge in [0.15, 0.2) is 11.5 Å². The van der Waals surface area contributed by atoms with Crippen molar-refractivity contribution in [1.29, 1.82) is 5.26 Å². The standard InChI is InChI=1S/C20H19F2N7O4S/c1-12-14(26-34(2,32)33)8-9-15(24-12)16-19(28(11-10-23)27-25-16)29(20(30)31)17(18(21)22)13-6-4-3-5-7-13/h3-9,17-18,26H,11H2,1-2H3,(H,30,31)/t17-/m0/s1. The zero-order valence-electron chi connectivity index (χ0n) is 17.9. The van der Waals surface area contributed by atoms with Gasteiger partial charge in [-0.2, -0.15) is 5.26 Å². The lowest BCUT2D eigenvalue weighted by Crippen LogP contribution is -2.39. The molecule has 178 valence electrons. The van der Waals surface area contributed by atoms with Crippen molar-refractivity contribution in [2.24, 2.45) is 0 Å². The number of hydrogen-bond acceptors (Lipinski definition) is 7. The predicted molar refractivity (Wildman–Crippen MR) is 118 cm³/mol. The van der Waals surface area contributed by atoms with Crippen molar-refractivity contribution < 1.29 is 27.1 Å². The molecule has 0 saturated heterocycles. The van der Waals surface area contributed by atoms with Gasteiger partial charge in [0, 0.05) is 0 Å². The van der Waals surface area contributed by atoms with Gasteiger partial charge in [-0.1, -0.05) is 35.5 Å². The first-order valence-electron chi connectivity index (χ1n) is 9.65. The molecule has 14 heteroatoms. The first-order valence-corrected chi connectivity index (χ1v) is 11.5. The Hall–Kier alpha value is -4.12. The van der Waals surface area contributed by atoms with Gasteiger partial charge < -0.3 is 5.11 Å². The summed E-state index contributed by atoms with van der Waals surface area (Å²) in [6.45, 7) is 1.03. The summed E-state index contributed by atoms with van der Waals surface area (Å²) < 4.78 is 54.7. The van der Waals surface area contributed by atoms with Gasteiger partial charge in [-0.25, -0.2) is 36.6 Å². The van der Waals surface area contributed by atoms with Gasteiger partial charge in [-0.05, 0) is 24.6 Å². The Labute approximate surface area is 193 Å². The number of nitrogens with zero attached hydrogens (tertiary/aromatic N) is 6. The van der Waals surface area contributed by atoms with Gasteiger partial charge in [-0.15, -0.1) is 5.10 Å². The fraction of sp³-hybridized carbons (Fsp3) is 0.250. The number of carboxylic acid groups (broad SMARTS) is 1. The lowest BCUT2D eigenvalue weighted by atomic mass is 10.1. The van der Waals surface area contributed by atoms with E-state index in [2.05, 4.69) is 20.0 Å². The van der Waals surface area contributed by atoms with Crippen molar-refractivity contribution in [3.8, 4) is 17.5 Å². The van der Waals surface area contributed by atoms with E-state index in [0.717, 1.165) is 10.9 Å². The summed E-state index contributed by atoms with van der Waals surface area (Å²) in [5.41, 5.74) is 0.282. The van der Waals surface area contributed by atoms with Crippen LogP contribution in [0.4, 0.5) is 25.1 Å². The van der Waals surface area contributed by atoms with Crippen molar-refractivity contribution >= 4 is 27.6 Å². The minimum atomic E-state index is -3.59. The molecule has 0 radical (unpaired) electrons. The number of aryl methyl sites for hydroxylation is 1. The number of anilines is 2. The van der Waals surface area contributed by atoms with Crippen LogP contribution < -0.4 is 9.62 Å². The second-order valence-corrected chi connectivity index (χ2v) is 8.87. The van der Waals surface area contributed by atoms with Crippen LogP contribution >= 0.6 is 0 Å². The summed E-state index contributed by atoms with van der Waals surface area (Å²) in [5.74, 6) is -0.376. The lowest BCUT2D eigenvalue weighted by Gasteiger charge is -2.29. The summed E-state index contributed by atoms with van der Waals surface area (Å²) in [6.07, 6.45) is -3.89. The summed E-state index contributed by atoms with van der Waals surface area (Å²) in [5, 5.41) is 26.8. The van der Waals surface area contributed by atoms with Crippen molar-refractivity contribution in [3.05, 3.63) is 53.7 Å². The fourth-order valence-corrected chi connectivity index (χ4v) is 3.90. The van der Waals surface area contributed by atoms with E-state index in [9.17, 15) is 27.1 Å². The smallest absolute Gasteiger partial charge is 0.413 e. The number of hydrogen-bond donors (Lipinski definition) is 2. The Morgan fingerprint density at radius 1 is 1.26 bits per heavy atom. The van der Waals surface area contributed by atoms with E-state index >= 15 is 0 Å². The maximum Gasteiger partial charge on any atom is 0.413 e. The Bertz CT molecular complexity index is 1340. The molecule has 0 spiro atoms. The fourth-order valence-electron chi connectivity index (χ4n) is 3.29. The molecule has 0 bridgehead atoms. The van der Waals surface area contributed by atoms with E-state index in [-0.39, 0.29) is 34.2 Å². The highest BCUT2D eigenvalue weighted by Gasteiger charge is 2.38. The molecule has 0 aliphatic carbocycles. The van der Waals surface area contributed by atoms with Crippen LogP contribution in [-0.4, -0.2) is 52.3 Å². The number of sulfonamides is 1. The topological polar surface area (TPSA) is 154 Å². The Morgan fingerprint density at radius 3 is 2.47 bits per heavy atom. The first-order chi connectivity index (χ1) is 16.0. The number of halogens is 2. The molecule has 1 atom stereocenters. The molecule has 0 aliphatic rings. The molecule has 1 aromatic carbocycles. The number of benzene rings is 1. The molecule has 0 unspecified atom stereocenters. The number of nitriles is 1. The molecule has 1 amide bonds. The highest BCUT2D eigenvalue weighted by Crippen LogP contribution is 2.37. The molecule has 0 fully saturated rings. The number of aromatic nitrogens is 4. The van der Waals surface area contributed by atoms with Gasteiger partial charge in [0.1, 0.15) is 12.6 Å². The minimum absolute atomic E-state index is 0.0207. The third kappa shape index (κ3) is 5.26. The van der Waals surface area contributed by atoms with E-state index in [4.69, 9.17) is 5.26 Å². The highest BCUT2D eigenvalue weighted by atomic mass is 32.2. The van der Waals surface area contributed by atoms with E-state index in [1.54, 1.807) is 12.1 Å². The zero-order valence-corrected chi connectivity index (χ0v) is 18.7. The number of amides is 1. The monoisotopic (exact) mass is 491 g/mol. The molecule has 34 heavy (non-hydrogen) atoms. The van der Waals surface area contributed by atoms with Gasteiger partial charge in [-0.3, -0.25) is 4.72 Å². The minimum Gasteiger partial charge on any atom is -0.465 e. The molecule has 2 heterocycles. The third-order valence-corrected chi connectivity index (χ3v) is 5.24. The number of carbonyl (C=O) groups is 1. The van der Waals surface area contributed by atoms with Crippen LogP contribution in [-0.2, 0) is 16.6 Å². The van der Waals surface area contributed by atoms with Crippen molar-refractivity contribution in [1.82, 2.24) is 20.0 Å². The number of alkyl halides is 2. The van der Waals surface area contributed by atoms with E-state index < -0.39 is 35.1 Å². The second kappa shape index (κ2) is 9.79. The second-order valence-electron chi connectivity index (χ2n) is 7.12. The van der Waals surface area contributed by atoms with Crippen molar-refractivity contribution in [2.45, 2.75) is 25.9 Å². The highest BCUT2D eigenvalue weighted by molar-refractivity contribution is 7.92. The van der Waals surface area contributed by atoms with Crippen LogP contribution in [0, 0.1) is 18.3 Å². The first kappa shape index (κ1) is 24.5. The largest absolute Gasteiger partial charge is 0.465 e. The SMILES string of the molecule is Cc1nc(-c2nnn(CC#N)c2N(C(=O)O)[C@@H](c2ccccc2)C(F)F)ccc1NS(C)(=O)=O. The number of pyridine rings is 1. The van der Waals surface area contributed by atoms with Crippen LogP contribution in [0.25, 0.3) is 11.4 Å². The van der Waals surface area contributed by atoms with Crippen LogP contribution in [0.2, 0.25) is 0 Å². The summed E-state index contributed by atoms with van der Waals surface area (Å²) in [7, 11) is -3.59. The number of nitrogens with one attached hydrogen (secondary N) is 1. The van der Waals surface area contributed by atoms with E-state index in [1.807, 2.05) is 0 Å². The molecular formula is C20H19F2N7O4S. The number of rotatable bonds is 8. The Balaban J connectivity index is 2.21. The van der Waals surface area contributed by atoms with Crippen molar-refractivity contribution in [3.63, 3.8) is 0 Å². The third-order valence-electron chi connectivity index (χ3n) is 4.65. The maximum atomic E-state index is 14.2. The van der Waals surface area contributed by atoms with Gasteiger partial charge in [0.05, 0.1) is 29.4 Å². The Morgan fingerprint density at radius 2 is 1.94 bits per heavy atom. The van der Waals surface area contributed by atoms with Gasteiger partial charge in [0.25, 0.3) is 6.43 Å². The Kier molecular flexibility index (Phi) is 7.06. The normalized spacial score (nSPS) is 12.2. The van der Waals surface area contributed by atoms with E-state index in [0.29, 0.717) is 4.90 Å². The van der Waals surface area contributed by atoms with Crippen LogP contribution in [0.3, 0.4) is 0 Å². The average molecular weight is 491 g/mol. The van der Waals surface area contributed by atoms with Crippen LogP contribution in [0.15, 0.2) is 42.5 Å². The van der Waals surface area contributed by atoms with Gasteiger partial charge in [0.2, 0.25) is 10.0 Å². The molecule has 0 aliphatic heterocycles. The molecular weight excluding hydrogens is 472 g/mol. The van der Waals surface area contributed by atoms with Crippen LogP contribution in [0.1, 0.15) is 17.3 Å². The molecule has 11 nitrogen and oxygen atoms in total. The molecule has 0 saturated carbocycles. The zero-order chi connectivity index (χ0) is 25.0. The maximum absolute atomic E-state index is 14.2.